The molecule has 1 aliphatic carbocycles. The molecule has 1 heterocycles. The third-order valence-electron chi connectivity index (χ3n) is 4.94. The van der Waals surface area contributed by atoms with Crippen molar-refractivity contribution in [2.45, 2.75) is 26.2 Å². The van der Waals surface area contributed by atoms with Crippen LogP contribution in [-0.4, -0.2) is 4.98 Å². The number of hydrogen-bond acceptors (Lipinski definition) is 3. The van der Waals surface area contributed by atoms with E-state index in [1.54, 1.807) is 6.20 Å². The first-order chi connectivity index (χ1) is 14.8. The summed E-state index contributed by atoms with van der Waals surface area (Å²) in [4.78, 5) is 4.12. The van der Waals surface area contributed by atoms with Gasteiger partial charge in [-0.25, -0.2) is 0 Å². The second-order valence-corrected chi connectivity index (χ2v) is 7.16. The number of benzene rings is 1. The zero-order valence-electron chi connectivity index (χ0n) is 17.6. The van der Waals surface area contributed by atoms with Crippen molar-refractivity contribution in [2.24, 2.45) is 0 Å². The highest BCUT2D eigenvalue weighted by molar-refractivity contribution is 5.61. The molecule has 0 saturated heterocycles. The molecule has 30 heavy (non-hydrogen) atoms. The number of nitrogens with one attached hydrogen (secondary N) is 2. The lowest BCUT2D eigenvalue weighted by Gasteiger charge is -2.19. The molecule has 0 radical (unpaired) electrons. The van der Waals surface area contributed by atoms with Crippen LogP contribution in [0.1, 0.15) is 29.0 Å². The Balaban J connectivity index is 1.49. The molecule has 2 N–H and O–H groups in total. The number of para-hydroxylation sites is 1. The average molecular weight is 396 g/mol. The summed E-state index contributed by atoms with van der Waals surface area (Å²) in [6.45, 7) is 4.20. The van der Waals surface area contributed by atoms with Crippen molar-refractivity contribution in [1.29, 1.82) is 0 Å². The molecule has 3 nitrogen and oxygen atoms in total. The van der Waals surface area contributed by atoms with Gasteiger partial charge < -0.3 is 10.6 Å². The molecule has 3 heteroatoms. The Labute approximate surface area is 180 Å². The summed E-state index contributed by atoms with van der Waals surface area (Å²) in [7, 11) is 0. The molecule has 0 aliphatic heterocycles. The van der Waals surface area contributed by atoms with Crippen LogP contribution in [0.2, 0.25) is 0 Å². The van der Waals surface area contributed by atoms with E-state index < -0.39 is 0 Å². The van der Waals surface area contributed by atoms with E-state index in [4.69, 9.17) is 0 Å². The Morgan fingerprint density at radius 1 is 0.867 bits per heavy atom. The van der Waals surface area contributed by atoms with E-state index >= 15 is 0 Å². The number of aryl methyl sites for hydroxylation is 2. The Bertz CT molecular complexity index is 1010. The van der Waals surface area contributed by atoms with Crippen LogP contribution in [-0.2, 0) is 0 Å². The molecule has 1 aliphatic rings. The number of allylic oxidation sites excluding steroid dienone is 10. The Kier molecular flexibility index (Phi) is 8.04. The number of anilines is 2. The minimum absolute atomic E-state index is 0.431. The second kappa shape index (κ2) is 11.4. The predicted molar refractivity (Wildman–Crippen MR) is 130 cm³/mol. The molecular weight excluding hydrogens is 366 g/mol. The van der Waals surface area contributed by atoms with Gasteiger partial charge in [0.1, 0.15) is 0 Å². The van der Waals surface area contributed by atoms with E-state index in [-0.39, 0.29) is 0 Å². The van der Waals surface area contributed by atoms with Crippen molar-refractivity contribution in [3.05, 3.63) is 127 Å². The first kappa shape index (κ1) is 21.1. The van der Waals surface area contributed by atoms with Crippen molar-refractivity contribution >= 4 is 11.4 Å². The maximum absolute atomic E-state index is 4.12. The molecule has 1 atom stereocenters. The minimum atomic E-state index is 0.431. The maximum Gasteiger partial charge on any atom is 0.0595 e. The van der Waals surface area contributed by atoms with Crippen LogP contribution in [0.5, 0.6) is 0 Å². The number of nitrogens with zero attached hydrogens (tertiary/aromatic N) is 1. The minimum Gasteiger partial charge on any atom is -0.361 e. The van der Waals surface area contributed by atoms with E-state index in [0.717, 1.165) is 12.1 Å². The summed E-state index contributed by atoms with van der Waals surface area (Å²) < 4.78 is 0. The summed E-state index contributed by atoms with van der Waals surface area (Å²) in [5.74, 6) is 0.431. The Morgan fingerprint density at radius 2 is 1.63 bits per heavy atom. The highest BCUT2D eigenvalue weighted by Crippen LogP contribution is 2.32. The fraction of sp³-hybridized carbons (Fsp3) is 0.148. The molecule has 1 aromatic heterocycles. The van der Waals surface area contributed by atoms with E-state index in [0.29, 0.717) is 5.92 Å². The van der Waals surface area contributed by atoms with Crippen LogP contribution in [0.3, 0.4) is 0 Å². The summed E-state index contributed by atoms with van der Waals surface area (Å²) >= 11 is 0. The molecule has 2 aromatic rings. The van der Waals surface area contributed by atoms with Gasteiger partial charge in [0.15, 0.2) is 0 Å². The number of rotatable bonds is 8. The van der Waals surface area contributed by atoms with Crippen molar-refractivity contribution in [3.8, 4) is 0 Å². The van der Waals surface area contributed by atoms with Crippen LogP contribution in [0, 0.1) is 13.8 Å². The maximum atomic E-state index is 4.12. The third-order valence-corrected chi connectivity index (χ3v) is 4.94. The zero-order chi connectivity index (χ0) is 21.0. The molecule has 0 spiro atoms. The fourth-order valence-corrected chi connectivity index (χ4v) is 3.26. The van der Waals surface area contributed by atoms with Gasteiger partial charge in [-0.3, -0.25) is 4.98 Å². The lowest BCUT2D eigenvalue weighted by Crippen LogP contribution is -2.03. The molecular formula is C27H29N3. The van der Waals surface area contributed by atoms with Gasteiger partial charge in [0.05, 0.1) is 11.9 Å². The summed E-state index contributed by atoms with van der Waals surface area (Å²) in [5, 5.41) is 6.70. The van der Waals surface area contributed by atoms with E-state index in [2.05, 4.69) is 72.0 Å². The van der Waals surface area contributed by atoms with E-state index in [9.17, 15) is 0 Å². The highest BCUT2D eigenvalue weighted by atomic mass is 14.9. The van der Waals surface area contributed by atoms with Crippen LogP contribution in [0.25, 0.3) is 0 Å². The highest BCUT2D eigenvalue weighted by Gasteiger charge is 2.13. The predicted octanol–water partition coefficient (Wildman–Crippen LogP) is 6.96. The van der Waals surface area contributed by atoms with Crippen molar-refractivity contribution < 1.29 is 0 Å². The molecule has 0 amide bonds. The largest absolute Gasteiger partial charge is 0.361 e. The van der Waals surface area contributed by atoms with Gasteiger partial charge in [0.25, 0.3) is 0 Å². The lowest BCUT2D eigenvalue weighted by atomic mass is 9.90. The monoisotopic (exact) mass is 395 g/mol. The molecule has 1 aromatic carbocycles. The molecule has 0 bridgehead atoms. The first-order valence-electron chi connectivity index (χ1n) is 10.3. The standard InChI is InChI=1S/C27H29N3/c1-22-17-20-28-21-26(22)29-18-10-5-3-4-6-11-19-30-27-23(2)13-12-16-25(27)24-14-8-7-9-15-24/h3-14,16-21,24,29-30H,15H2,1-2H3/b5-3+,6-4+,18-10+,19-11+. The number of hydrogen-bond donors (Lipinski definition) is 2. The van der Waals surface area contributed by atoms with E-state index in [1.165, 1.54) is 22.4 Å². The average Bonchev–Trinajstić information content (AvgIpc) is 2.77. The smallest absolute Gasteiger partial charge is 0.0595 e. The summed E-state index contributed by atoms with van der Waals surface area (Å²) in [6.07, 6.45) is 29.3. The quantitative estimate of drug-likeness (QED) is 0.474. The zero-order valence-corrected chi connectivity index (χ0v) is 17.6. The topological polar surface area (TPSA) is 37.0 Å². The van der Waals surface area contributed by atoms with Crippen molar-refractivity contribution in [1.82, 2.24) is 4.98 Å². The van der Waals surface area contributed by atoms with Gasteiger partial charge in [-0.2, -0.15) is 0 Å². The molecule has 0 saturated carbocycles. The fourth-order valence-electron chi connectivity index (χ4n) is 3.26. The first-order valence-corrected chi connectivity index (χ1v) is 10.3. The van der Waals surface area contributed by atoms with Gasteiger partial charge >= 0.3 is 0 Å². The van der Waals surface area contributed by atoms with Crippen LogP contribution in [0.15, 0.2) is 110 Å². The lowest BCUT2D eigenvalue weighted by molar-refractivity contribution is 0.854. The number of aromatic nitrogens is 1. The van der Waals surface area contributed by atoms with E-state index in [1.807, 2.05) is 61.1 Å². The third kappa shape index (κ3) is 6.21. The second-order valence-electron chi connectivity index (χ2n) is 7.16. The van der Waals surface area contributed by atoms with Gasteiger partial charge in [-0.1, -0.05) is 66.8 Å². The van der Waals surface area contributed by atoms with Crippen LogP contribution < -0.4 is 10.6 Å². The Morgan fingerprint density at radius 3 is 2.37 bits per heavy atom. The normalized spacial score (nSPS) is 16.4. The van der Waals surface area contributed by atoms with Gasteiger partial charge in [0.2, 0.25) is 0 Å². The van der Waals surface area contributed by atoms with Gasteiger partial charge in [-0.15, -0.1) is 0 Å². The Hall–Kier alpha value is -3.59. The summed E-state index contributed by atoms with van der Waals surface area (Å²) in [6, 6.07) is 8.48. The summed E-state index contributed by atoms with van der Waals surface area (Å²) in [5.41, 5.74) is 5.98. The van der Waals surface area contributed by atoms with Crippen molar-refractivity contribution in [3.63, 3.8) is 0 Å². The molecule has 3 rings (SSSR count). The van der Waals surface area contributed by atoms with Crippen LogP contribution in [0.4, 0.5) is 11.4 Å². The molecule has 152 valence electrons. The molecule has 0 fully saturated rings. The van der Waals surface area contributed by atoms with Gasteiger partial charge in [0, 0.05) is 30.2 Å². The van der Waals surface area contributed by atoms with Crippen molar-refractivity contribution in [2.75, 3.05) is 10.6 Å². The molecule has 1 unspecified atom stereocenters. The van der Waals surface area contributed by atoms with Crippen LogP contribution >= 0.6 is 0 Å². The van der Waals surface area contributed by atoms with Gasteiger partial charge in [-0.05, 0) is 55.2 Å². The SMILES string of the molecule is Cc1ccncc1N/C=C/C=C/C=C/C=C/Nc1c(C)cccc1C1C=CC=CC1. The number of pyridine rings is 1.